The summed E-state index contributed by atoms with van der Waals surface area (Å²) in [7, 11) is 4.89. The molecule has 0 radical (unpaired) electrons. The van der Waals surface area contributed by atoms with Gasteiger partial charge in [-0.15, -0.1) is 18.5 Å². The summed E-state index contributed by atoms with van der Waals surface area (Å²) in [5, 5.41) is 8.38. The molecular weight excluding hydrogens is 102 g/mol. The van der Waals surface area contributed by atoms with Gasteiger partial charge in [-0.05, 0) is 0 Å². The molecule has 0 spiro atoms. The zero-order chi connectivity index (χ0) is 4.28. The van der Waals surface area contributed by atoms with Crippen molar-refractivity contribution in [1.82, 2.24) is 0 Å². The van der Waals surface area contributed by atoms with E-state index in [0.29, 0.717) is 0 Å². The topological polar surface area (TPSA) is 20.2 Å². The Hall–Kier alpha value is 0.820. The Morgan fingerprint density at radius 1 is 1.60 bits per heavy atom. The van der Waals surface area contributed by atoms with E-state index in [1.165, 1.54) is 0 Å². The lowest BCUT2D eigenvalue weighted by molar-refractivity contribution is 0.315. The Labute approximate surface area is 36.6 Å². The first-order valence-corrected chi connectivity index (χ1v) is 2.72. The number of rotatable bonds is 1. The van der Waals surface area contributed by atoms with Gasteiger partial charge in [-0.1, -0.05) is 0 Å². The number of aliphatic hydroxyl groups excluding tert-OH is 1. The summed E-state index contributed by atoms with van der Waals surface area (Å²) in [4.78, 5) is 0. The van der Waals surface area contributed by atoms with Crippen LogP contribution in [0.3, 0.4) is 0 Å². The molecule has 0 bridgehead atoms. The average Bonchev–Trinajstić information content (AvgIpc) is 1.38. The summed E-state index contributed by atoms with van der Waals surface area (Å²) in [5.41, 5.74) is 0. The van der Waals surface area contributed by atoms with E-state index in [2.05, 4.69) is 18.5 Å². The van der Waals surface area contributed by atoms with E-state index in [0.717, 1.165) is 0 Å². The third kappa shape index (κ3) is 4.82. The van der Waals surface area contributed by atoms with Gasteiger partial charge < -0.3 is 5.11 Å². The van der Waals surface area contributed by atoms with Crippen molar-refractivity contribution in [2.45, 2.75) is 5.40 Å². The largest absolute Gasteiger partial charge is 0.395 e. The smallest absolute Gasteiger partial charge is 0.0528 e. The van der Waals surface area contributed by atoms with Gasteiger partial charge in [0, 0.05) is 5.40 Å². The lowest BCUT2D eigenvalue weighted by atomic mass is 10.9. The molecule has 0 aliphatic carbocycles. The standard InChI is InChI=1S/C2H8OP2/c3-1-2(4)5/h2-3H,1,4-5H2. The minimum atomic E-state index is 0.231. The van der Waals surface area contributed by atoms with Gasteiger partial charge in [0.25, 0.3) is 0 Å². The first kappa shape index (κ1) is 5.82. The molecule has 0 aliphatic rings. The predicted molar refractivity (Wildman–Crippen MR) is 30.3 cm³/mol. The van der Waals surface area contributed by atoms with Crippen LogP contribution in [0.5, 0.6) is 0 Å². The number of hydrogen-bond donors (Lipinski definition) is 1. The molecule has 0 fully saturated rings. The zero-order valence-electron chi connectivity index (χ0n) is 2.89. The van der Waals surface area contributed by atoms with Gasteiger partial charge in [-0.3, -0.25) is 0 Å². The van der Waals surface area contributed by atoms with Crippen LogP contribution in [-0.4, -0.2) is 17.1 Å². The van der Waals surface area contributed by atoms with Gasteiger partial charge in [0.1, 0.15) is 0 Å². The highest BCUT2D eigenvalue weighted by Crippen LogP contribution is 2.04. The van der Waals surface area contributed by atoms with E-state index in [1.807, 2.05) is 0 Å². The number of aliphatic hydroxyl groups is 1. The van der Waals surface area contributed by atoms with Crippen LogP contribution in [-0.2, 0) is 0 Å². The molecule has 0 heterocycles. The van der Waals surface area contributed by atoms with Gasteiger partial charge in [-0.2, -0.15) is 0 Å². The molecule has 0 saturated carbocycles. The second-order valence-electron chi connectivity index (χ2n) is 0.846. The Morgan fingerprint density at radius 3 is 1.80 bits per heavy atom. The molecule has 0 aromatic carbocycles. The molecule has 1 N–H and O–H groups in total. The second kappa shape index (κ2) is 3.03. The predicted octanol–water partition coefficient (Wildman–Crippen LogP) is 0.0550. The Bertz CT molecular complexity index is 21.6. The van der Waals surface area contributed by atoms with Crippen molar-refractivity contribution in [3.63, 3.8) is 0 Å². The van der Waals surface area contributed by atoms with Crippen LogP contribution in [0, 0.1) is 0 Å². The van der Waals surface area contributed by atoms with E-state index in [9.17, 15) is 0 Å². The highest BCUT2D eigenvalue weighted by atomic mass is 31.1. The van der Waals surface area contributed by atoms with Crippen LogP contribution < -0.4 is 0 Å². The average molecular weight is 110 g/mol. The maximum absolute atomic E-state index is 8.10. The molecule has 1 nitrogen and oxygen atoms in total. The van der Waals surface area contributed by atoms with Crippen molar-refractivity contribution in [2.75, 3.05) is 6.61 Å². The van der Waals surface area contributed by atoms with E-state index in [-0.39, 0.29) is 12.0 Å². The Morgan fingerprint density at radius 2 is 1.80 bits per heavy atom. The molecule has 2 unspecified atom stereocenters. The monoisotopic (exact) mass is 110 g/mol. The Kier molecular flexibility index (Phi) is 3.52. The fourth-order valence-corrected chi connectivity index (χ4v) is 0. The molecule has 32 valence electrons. The molecule has 0 aromatic rings. The minimum absolute atomic E-state index is 0.231. The highest BCUT2D eigenvalue weighted by Gasteiger charge is 1.81. The van der Waals surface area contributed by atoms with Crippen LogP contribution >= 0.6 is 18.5 Å². The molecule has 0 aromatic heterocycles. The van der Waals surface area contributed by atoms with Crippen molar-refractivity contribution >= 4 is 18.5 Å². The van der Waals surface area contributed by atoms with Crippen molar-refractivity contribution in [1.29, 1.82) is 0 Å². The summed E-state index contributed by atoms with van der Waals surface area (Å²) in [6, 6.07) is 0. The molecule has 0 saturated heterocycles. The number of hydrogen-bond acceptors (Lipinski definition) is 1. The molecule has 5 heavy (non-hydrogen) atoms. The third-order valence-electron chi connectivity index (χ3n) is 0.211. The molecule has 2 atom stereocenters. The van der Waals surface area contributed by atoms with E-state index >= 15 is 0 Å². The van der Waals surface area contributed by atoms with Crippen molar-refractivity contribution in [2.24, 2.45) is 0 Å². The lowest BCUT2D eigenvalue weighted by Gasteiger charge is -1.90. The third-order valence-corrected chi connectivity index (χ3v) is 0.632. The van der Waals surface area contributed by atoms with Crippen molar-refractivity contribution < 1.29 is 5.11 Å². The first-order chi connectivity index (χ1) is 2.27. The maximum Gasteiger partial charge on any atom is 0.0528 e. The van der Waals surface area contributed by atoms with E-state index in [4.69, 9.17) is 5.11 Å². The normalized spacial score (nSPS) is 9.60. The Balaban J connectivity index is 2.54. The minimum Gasteiger partial charge on any atom is -0.395 e. The SMILES string of the molecule is OCC(P)P. The van der Waals surface area contributed by atoms with Gasteiger partial charge in [0.2, 0.25) is 0 Å². The second-order valence-corrected chi connectivity index (χ2v) is 3.33. The van der Waals surface area contributed by atoms with Crippen LogP contribution in [0.15, 0.2) is 0 Å². The van der Waals surface area contributed by atoms with Gasteiger partial charge in [0.15, 0.2) is 0 Å². The fourth-order valence-electron chi connectivity index (χ4n) is 0. The molecular formula is C2H8OP2. The molecule has 0 amide bonds. The van der Waals surface area contributed by atoms with Crippen LogP contribution in [0.25, 0.3) is 0 Å². The summed E-state index contributed by atoms with van der Waals surface area (Å²) in [6.07, 6.45) is 0. The molecule has 0 aliphatic heterocycles. The van der Waals surface area contributed by atoms with Gasteiger partial charge in [0.05, 0.1) is 6.61 Å². The quantitative estimate of drug-likeness (QED) is 0.473. The highest BCUT2D eigenvalue weighted by molar-refractivity contribution is 7.37. The van der Waals surface area contributed by atoms with Gasteiger partial charge >= 0.3 is 0 Å². The van der Waals surface area contributed by atoms with Crippen LogP contribution in [0.4, 0.5) is 0 Å². The van der Waals surface area contributed by atoms with E-state index < -0.39 is 0 Å². The van der Waals surface area contributed by atoms with Gasteiger partial charge in [-0.25, -0.2) is 0 Å². The van der Waals surface area contributed by atoms with Crippen LogP contribution in [0.1, 0.15) is 0 Å². The van der Waals surface area contributed by atoms with Crippen molar-refractivity contribution in [3.8, 4) is 0 Å². The molecule has 3 heteroatoms. The fraction of sp³-hybridized carbons (Fsp3) is 1.00. The zero-order valence-corrected chi connectivity index (χ0v) is 5.20. The summed E-state index contributed by atoms with van der Waals surface area (Å²) in [5.74, 6) is 0. The lowest BCUT2D eigenvalue weighted by Crippen LogP contribution is -1.88. The van der Waals surface area contributed by atoms with E-state index in [1.54, 1.807) is 0 Å². The first-order valence-electron chi connectivity index (χ1n) is 1.39. The summed E-state index contributed by atoms with van der Waals surface area (Å²) < 4.78 is 0. The maximum atomic E-state index is 8.10. The van der Waals surface area contributed by atoms with Crippen LogP contribution in [0.2, 0.25) is 0 Å². The van der Waals surface area contributed by atoms with Crippen molar-refractivity contribution in [3.05, 3.63) is 0 Å². The summed E-state index contributed by atoms with van der Waals surface area (Å²) in [6.45, 7) is 0.231. The summed E-state index contributed by atoms with van der Waals surface area (Å²) >= 11 is 0. The molecule has 0 rings (SSSR count).